The van der Waals surface area contributed by atoms with Gasteiger partial charge in [-0.1, -0.05) is 97.4 Å². The van der Waals surface area contributed by atoms with Crippen LogP contribution in [0.25, 0.3) is 0 Å². The van der Waals surface area contributed by atoms with E-state index in [4.69, 9.17) is 0 Å². The Kier molecular flexibility index (Phi) is 26.2. The average Bonchev–Trinajstić information content (AvgIpc) is 2.45. The lowest BCUT2D eigenvalue weighted by Gasteiger charge is -2.04. The standard InChI is InChI=1S/C11H14.C3H8.2C2H6/c1-3-7-10(2)11-8-5-4-6-9-11;1-3-2;2*1-2/h3-10H,1-2H3;3H2,1-2H3;2*1-2H3/b7-3-;;;. The van der Waals surface area contributed by atoms with Gasteiger partial charge in [-0.3, -0.25) is 0 Å². The lowest BCUT2D eigenvalue weighted by Crippen LogP contribution is -1.86. The second-order valence-corrected chi connectivity index (χ2v) is 3.43. The molecule has 0 heteroatoms. The topological polar surface area (TPSA) is 0 Å². The summed E-state index contributed by atoms with van der Waals surface area (Å²) in [6.07, 6.45) is 5.55. The Balaban J connectivity index is -0.000000274. The maximum absolute atomic E-state index is 2.20. The van der Waals surface area contributed by atoms with Crippen LogP contribution in [0.2, 0.25) is 0 Å². The third-order valence-corrected chi connectivity index (χ3v) is 1.81. The van der Waals surface area contributed by atoms with Crippen LogP contribution in [-0.2, 0) is 0 Å². The van der Waals surface area contributed by atoms with Crippen LogP contribution in [0.5, 0.6) is 0 Å². The van der Waals surface area contributed by atoms with Crippen molar-refractivity contribution in [1.82, 2.24) is 0 Å². The van der Waals surface area contributed by atoms with Gasteiger partial charge in [-0.05, 0) is 18.4 Å². The second kappa shape index (κ2) is 21.3. The molecule has 0 nitrogen and oxygen atoms in total. The molecule has 0 radical (unpaired) electrons. The summed E-state index contributed by atoms with van der Waals surface area (Å²) in [5, 5.41) is 0. The molecular formula is C18H34. The Morgan fingerprint density at radius 2 is 1.33 bits per heavy atom. The third-order valence-electron chi connectivity index (χ3n) is 1.81. The first kappa shape index (κ1) is 22.2. The van der Waals surface area contributed by atoms with Crippen molar-refractivity contribution in [3.8, 4) is 0 Å². The first-order chi connectivity index (χ1) is 8.76. The lowest BCUT2D eigenvalue weighted by atomic mass is 10.0. The van der Waals surface area contributed by atoms with Crippen LogP contribution in [-0.4, -0.2) is 0 Å². The van der Waals surface area contributed by atoms with E-state index in [1.54, 1.807) is 0 Å². The molecule has 1 aromatic carbocycles. The number of allylic oxidation sites excluding steroid dienone is 2. The second-order valence-electron chi connectivity index (χ2n) is 3.43. The summed E-state index contributed by atoms with van der Waals surface area (Å²) in [5.74, 6) is 0.543. The minimum atomic E-state index is 0.543. The van der Waals surface area contributed by atoms with Crippen molar-refractivity contribution >= 4 is 0 Å². The van der Waals surface area contributed by atoms with E-state index in [-0.39, 0.29) is 0 Å². The van der Waals surface area contributed by atoms with Gasteiger partial charge in [0.1, 0.15) is 0 Å². The zero-order chi connectivity index (χ0) is 14.8. The van der Waals surface area contributed by atoms with E-state index in [0.717, 1.165) is 0 Å². The predicted octanol–water partition coefficient (Wildman–Crippen LogP) is 6.83. The molecule has 106 valence electrons. The molecule has 0 bridgehead atoms. The van der Waals surface area contributed by atoms with Crippen molar-refractivity contribution in [2.45, 2.75) is 67.7 Å². The highest BCUT2D eigenvalue weighted by Crippen LogP contribution is 2.14. The van der Waals surface area contributed by atoms with Gasteiger partial charge >= 0.3 is 0 Å². The summed E-state index contributed by atoms with van der Waals surface area (Å²) >= 11 is 0. The number of hydrogen-bond acceptors (Lipinski definition) is 0. The summed E-state index contributed by atoms with van der Waals surface area (Å²) < 4.78 is 0. The SMILES string of the molecule is C/C=C\C(C)c1ccccc1.CC.CC.CCC. The van der Waals surface area contributed by atoms with Crippen molar-refractivity contribution in [3.05, 3.63) is 48.0 Å². The summed E-state index contributed by atoms with van der Waals surface area (Å²) in [4.78, 5) is 0. The van der Waals surface area contributed by atoms with Crippen LogP contribution in [0, 0.1) is 0 Å². The molecule has 1 rings (SSSR count). The molecule has 1 atom stereocenters. The third kappa shape index (κ3) is 15.0. The zero-order valence-electron chi connectivity index (χ0n) is 13.8. The Morgan fingerprint density at radius 1 is 0.944 bits per heavy atom. The summed E-state index contributed by atoms with van der Waals surface area (Å²) in [6.45, 7) is 16.5. The molecule has 0 fully saturated rings. The maximum atomic E-state index is 2.20. The zero-order valence-corrected chi connectivity index (χ0v) is 13.8. The van der Waals surface area contributed by atoms with E-state index in [2.05, 4.69) is 64.1 Å². The first-order valence-corrected chi connectivity index (χ1v) is 7.43. The molecule has 0 heterocycles. The van der Waals surface area contributed by atoms with Crippen molar-refractivity contribution in [2.24, 2.45) is 0 Å². The number of hydrogen-bond donors (Lipinski definition) is 0. The van der Waals surface area contributed by atoms with Gasteiger partial charge in [0, 0.05) is 0 Å². The van der Waals surface area contributed by atoms with E-state index >= 15 is 0 Å². The fourth-order valence-electron chi connectivity index (χ4n) is 1.16. The normalized spacial score (nSPS) is 10.0. The molecule has 0 aliphatic rings. The fraction of sp³-hybridized carbons (Fsp3) is 0.556. The highest BCUT2D eigenvalue weighted by molar-refractivity contribution is 5.22. The van der Waals surface area contributed by atoms with Crippen molar-refractivity contribution < 1.29 is 0 Å². The van der Waals surface area contributed by atoms with Crippen LogP contribution in [0.1, 0.15) is 73.3 Å². The Morgan fingerprint density at radius 3 is 1.67 bits per heavy atom. The van der Waals surface area contributed by atoms with Gasteiger partial charge < -0.3 is 0 Å². The maximum Gasteiger partial charge on any atom is -0.00105 e. The van der Waals surface area contributed by atoms with Crippen molar-refractivity contribution in [3.63, 3.8) is 0 Å². The lowest BCUT2D eigenvalue weighted by molar-refractivity contribution is 0.965. The highest BCUT2D eigenvalue weighted by atomic mass is 14.0. The van der Waals surface area contributed by atoms with Crippen LogP contribution in [0.15, 0.2) is 42.5 Å². The summed E-state index contributed by atoms with van der Waals surface area (Å²) in [5.41, 5.74) is 1.38. The van der Waals surface area contributed by atoms with Gasteiger partial charge in [0.2, 0.25) is 0 Å². The van der Waals surface area contributed by atoms with Crippen LogP contribution >= 0.6 is 0 Å². The monoisotopic (exact) mass is 250 g/mol. The van der Waals surface area contributed by atoms with Crippen molar-refractivity contribution in [2.75, 3.05) is 0 Å². The molecule has 0 aromatic heterocycles. The predicted molar refractivity (Wildman–Crippen MR) is 88.3 cm³/mol. The van der Waals surface area contributed by atoms with E-state index in [1.165, 1.54) is 12.0 Å². The van der Waals surface area contributed by atoms with Gasteiger partial charge in [-0.25, -0.2) is 0 Å². The molecule has 0 aliphatic heterocycles. The Bertz CT molecular complexity index is 233. The minimum absolute atomic E-state index is 0.543. The molecule has 18 heavy (non-hydrogen) atoms. The highest BCUT2D eigenvalue weighted by Gasteiger charge is 1.97. The van der Waals surface area contributed by atoms with E-state index in [1.807, 2.05) is 33.8 Å². The molecule has 1 unspecified atom stereocenters. The van der Waals surface area contributed by atoms with Crippen LogP contribution < -0.4 is 0 Å². The quantitative estimate of drug-likeness (QED) is 0.504. The fourth-order valence-corrected chi connectivity index (χ4v) is 1.16. The van der Waals surface area contributed by atoms with E-state index < -0.39 is 0 Å². The van der Waals surface area contributed by atoms with Crippen LogP contribution in [0.4, 0.5) is 0 Å². The molecule has 0 spiro atoms. The minimum Gasteiger partial charge on any atom is -0.0911 e. The number of benzene rings is 1. The van der Waals surface area contributed by atoms with Gasteiger partial charge in [-0.15, -0.1) is 0 Å². The molecule has 0 N–H and O–H groups in total. The van der Waals surface area contributed by atoms with E-state index in [9.17, 15) is 0 Å². The molecule has 0 saturated heterocycles. The van der Waals surface area contributed by atoms with Gasteiger partial charge in [-0.2, -0.15) is 0 Å². The molecule has 0 aliphatic carbocycles. The molecule has 0 amide bonds. The summed E-state index contributed by atoms with van der Waals surface area (Å²) in [6, 6.07) is 10.5. The van der Waals surface area contributed by atoms with Crippen molar-refractivity contribution in [1.29, 1.82) is 0 Å². The smallest absolute Gasteiger partial charge is 0.00105 e. The number of rotatable bonds is 2. The first-order valence-electron chi connectivity index (χ1n) is 7.43. The van der Waals surface area contributed by atoms with Gasteiger partial charge in [0.25, 0.3) is 0 Å². The largest absolute Gasteiger partial charge is 0.0911 e. The Labute approximate surface area is 116 Å². The van der Waals surface area contributed by atoms with Gasteiger partial charge in [0.15, 0.2) is 0 Å². The molecule has 1 aromatic rings. The molecule has 0 saturated carbocycles. The average molecular weight is 250 g/mol. The van der Waals surface area contributed by atoms with E-state index in [0.29, 0.717) is 5.92 Å². The Hall–Kier alpha value is -1.04. The van der Waals surface area contributed by atoms with Crippen LogP contribution in [0.3, 0.4) is 0 Å². The molecular weight excluding hydrogens is 216 g/mol. The summed E-state index contributed by atoms with van der Waals surface area (Å²) in [7, 11) is 0. The van der Waals surface area contributed by atoms with Gasteiger partial charge in [0.05, 0.1) is 0 Å².